The molecule has 0 saturated carbocycles. The maximum absolute atomic E-state index is 12.6. The highest BCUT2D eigenvalue weighted by molar-refractivity contribution is 6.01. The first kappa shape index (κ1) is 13.8. The second-order valence-corrected chi connectivity index (χ2v) is 5.72. The number of carbonyl (C=O) groups excluding carboxylic acids is 1. The zero-order valence-corrected chi connectivity index (χ0v) is 12.6. The first-order valence-electron chi connectivity index (χ1n) is 7.75. The Morgan fingerprint density at radius 2 is 1.48 bits per heavy atom. The van der Waals surface area contributed by atoms with E-state index >= 15 is 0 Å². The molecule has 0 N–H and O–H groups in total. The summed E-state index contributed by atoms with van der Waals surface area (Å²) in [7, 11) is 0. The molecule has 23 heavy (non-hydrogen) atoms. The topological polar surface area (TPSA) is 26.3 Å². The maximum atomic E-state index is 12.6. The predicted molar refractivity (Wildman–Crippen MR) is 90.6 cm³/mol. The van der Waals surface area contributed by atoms with E-state index in [2.05, 4.69) is 0 Å². The van der Waals surface area contributed by atoms with Gasteiger partial charge in [0.15, 0.2) is 5.78 Å². The van der Waals surface area contributed by atoms with E-state index in [0.29, 0.717) is 17.7 Å². The summed E-state index contributed by atoms with van der Waals surface area (Å²) in [5, 5.41) is 0. The maximum Gasteiger partial charge on any atom is 0.170 e. The second-order valence-electron chi connectivity index (χ2n) is 5.72. The summed E-state index contributed by atoms with van der Waals surface area (Å²) in [4.78, 5) is 12.6. The van der Waals surface area contributed by atoms with Crippen molar-refractivity contribution in [1.82, 2.24) is 0 Å². The molecule has 1 heterocycles. The van der Waals surface area contributed by atoms with Crippen molar-refractivity contribution >= 4 is 5.78 Å². The van der Waals surface area contributed by atoms with Crippen molar-refractivity contribution in [2.75, 3.05) is 0 Å². The average molecular weight is 300 g/mol. The molecule has 3 aromatic carbocycles. The summed E-state index contributed by atoms with van der Waals surface area (Å²) < 4.78 is 6.06. The van der Waals surface area contributed by atoms with Crippen molar-refractivity contribution in [3.05, 3.63) is 90.0 Å². The van der Waals surface area contributed by atoms with Gasteiger partial charge in [0.25, 0.3) is 0 Å². The fourth-order valence-corrected chi connectivity index (χ4v) is 2.99. The van der Waals surface area contributed by atoms with E-state index in [1.54, 1.807) is 0 Å². The summed E-state index contributed by atoms with van der Waals surface area (Å²) in [6, 6.07) is 25.8. The van der Waals surface area contributed by atoms with Crippen molar-refractivity contribution in [1.29, 1.82) is 0 Å². The molecular weight excluding hydrogens is 284 g/mol. The lowest BCUT2D eigenvalue weighted by Crippen LogP contribution is -2.20. The Balaban J connectivity index is 1.69. The molecule has 0 amide bonds. The molecule has 2 heteroatoms. The van der Waals surface area contributed by atoms with Crippen LogP contribution in [0.2, 0.25) is 0 Å². The zero-order valence-electron chi connectivity index (χ0n) is 12.6. The Kier molecular flexibility index (Phi) is 3.43. The van der Waals surface area contributed by atoms with E-state index in [1.807, 2.05) is 78.9 Å². The van der Waals surface area contributed by atoms with Crippen LogP contribution >= 0.6 is 0 Å². The van der Waals surface area contributed by atoms with Crippen LogP contribution in [-0.2, 0) is 0 Å². The normalized spacial score (nSPS) is 16.5. The van der Waals surface area contributed by atoms with Crippen LogP contribution in [0.5, 0.6) is 5.75 Å². The smallest absolute Gasteiger partial charge is 0.170 e. The molecule has 1 atom stereocenters. The number of carbonyl (C=O) groups is 1. The van der Waals surface area contributed by atoms with Gasteiger partial charge in [0.2, 0.25) is 0 Å². The lowest BCUT2D eigenvalue weighted by Gasteiger charge is -2.26. The predicted octanol–water partition coefficient (Wildman–Crippen LogP) is 5.06. The highest BCUT2D eigenvalue weighted by Crippen LogP contribution is 2.36. The third-order valence-corrected chi connectivity index (χ3v) is 4.20. The van der Waals surface area contributed by atoms with Gasteiger partial charge in [0.05, 0.1) is 12.0 Å². The summed E-state index contributed by atoms with van der Waals surface area (Å²) in [6.45, 7) is 0. The first-order chi connectivity index (χ1) is 11.3. The van der Waals surface area contributed by atoms with Crippen LogP contribution in [0.1, 0.15) is 28.4 Å². The number of Topliss-reactive ketones (excluding diaryl/α,β-unsaturated/α-hetero) is 1. The van der Waals surface area contributed by atoms with Gasteiger partial charge in [-0.25, -0.2) is 0 Å². The SMILES string of the molecule is O=C1CC(c2ccccc2)Oc2ccc(-c3ccccc3)cc21. The quantitative estimate of drug-likeness (QED) is 0.661. The molecule has 0 fully saturated rings. The van der Waals surface area contributed by atoms with Gasteiger partial charge in [-0.15, -0.1) is 0 Å². The van der Waals surface area contributed by atoms with E-state index in [-0.39, 0.29) is 11.9 Å². The number of ether oxygens (including phenoxy) is 1. The number of rotatable bonds is 2. The van der Waals surface area contributed by atoms with Gasteiger partial charge < -0.3 is 4.74 Å². The Morgan fingerprint density at radius 3 is 2.22 bits per heavy atom. The van der Waals surface area contributed by atoms with Gasteiger partial charge in [-0.2, -0.15) is 0 Å². The molecule has 112 valence electrons. The largest absolute Gasteiger partial charge is 0.484 e. The molecule has 1 aliphatic heterocycles. The molecule has 3 aromatic rings. The monoisotopic (exact) mass is 300 g/mol. The van der Waals surface area contributed by atoms with Crippen molar-refractivity contribution in [3.63, 3.8) is 0 Å². The standard InChI is InChI=1S/C21H16O2/c22-19-14-21(16-9-5-2-6-10-16)23-20-12-11-17(13-18(19)20)15-7-3-1-4-8-15/h1-13,21H,14H2. The Bertz CT molecular complexity index is 838. The van der Waals surface area contributed by atoms with E-state index in [4.69, 9.17) is 4.74 Å². The van der Waals surface area contributed by atoms with Crippen LogP contribution < -0.4 is 4.74 Å². The van der Waals surface area contributed by atoms with Crippen LogP contribution in [0.3, 0.4) is 0 Å². The van der Waals surface area contributed by atoms with E-state index in [9.17, 15) is 4.79 Å². The molecule has 0 radical (unpaired) electrons. The van der Waals surface area contributed by atoms with Crippen molar-refractivity contribution in [2.45, 2.75) is 12.5 Å². The third-order valence-electron chi connectivity index (χ3n) is 4.20. The van der Waals surface area contributed by atoms with Crippen molar-refractivity contribution < 1.29 is 9.53 Å². The van der Waals surface area contributed by atoms with Crippen LogP contribution in [0, 0.1) is 0 Å². The third kappa shape index (κ3) is 2.64. The van der Waals surface area contributed by atoms with Crippen LogP contribution in [0.15, 0.2) is 78.9 Å². The Hall–Kier alpha value is -2.87. The molecule has 2 nitrogen and oxygen atoms in total. The summed E-state index contributed by atoms with van der Waals surface area (Å²) >= 11 is 0. The molecule has 0 aliphatic carbocycles. The molecule has 4 rings (SSSR count). The number of benzene rings is 3. The highest BCUT2D eigenvalue weighted by atomic mass is 16.5. The summed E-state index contributed by atoms with van der Waals surface area (Å²) in [6.07, 6.45) is 0.189. The van der Waals surface area contributed by atoms with E-state index in [0.717, 1.165) is 16.7 Å². The first-order valence-corrected chi connectivity index (χ1v) is 7.75. The van der Waals surface area contributed by atoms with Crippen molar-refractivity contribution in [3.8, 4) is 16.9 Å². The van der Waals surface area contributed by atoms with Crippen LogP contribution in [0.4, 0.5) is 0 Å². The molecular formula is C21H16O2. The number of fused-ring (bicyclic) bond motifs is 1. The Labute approximate surface area is 135 Å². The average Bonchev–Trinajstić information content (AvgIpc) is 2.63. The molecule has 1 aliphatic rings. The lowest BCUT2D eigenvalue weighted by molar-refractivity contribution is 0.0850. The van der Waals surface area contributed by atoms with Gasteiger partial charge in [0, 0.05) is 0 Å². The van der Waals surface area contributed by atoms with Gasteiger partial charge in [-0.3, -0.25) is 4.79 Å². The van der Waals surface area contributed by atoms with E-state index in [1.165, 1.54) is 0 Å². The number of hydrogen-bond donors (Lipinski definition) is 0. The molecule has 0 saturated heterocycles. The Morgan fingerprint density at radius 1 is 0.783 bits per heavy atom. The minimum atomic E-state index is -0.196. The molecule has 1 unspecified atom stereocenters. The minimum absolute atomic E-state index is 0.137. The van der Waals surface area contributed by atoms with Gasteiger partial charge in [-0.05, 0) is 28.8 Å². The molecule has 0 aromatic heterocycles. The summed E-state index contributed by atoms with van der Waals surface area (Å²) in [5.41, 5.74) is 3.87. The minimum Gasteiger partial charge on any atom is -0.484 e. The number of hydrogen-bond acceptors (Lipinski definition) is 2. The van der Waals surface area contributed by atoms with Crippen LogP contribution in [0.25, 0.3) is 11.1 Å². The molecule has 0 bridgehead atoms. The van der Waals surface area contributed by atoms with Crippen LogP contribution in [-0.4, -0.2) is 5.78 Å². The van der Waals surface area contributed by atoms with Gasteiger partial charge in [0.1, 0.15) is 11.9 Å². The van der Waals surface area contributed by atoms with E-state index < -0.39 is 0 Å². The van der Waals surface area contributed by atoms with Gasteiger partial charge in [-0.1, -0.05) is 66.7 Å². The highest BCUT2D eigenvalue weighted by Gasteiger charge is 2.27. The van der Waals surface area contributed by atoms with Crippen molar-refractivity contribution in [2.24, 2.45) is 0 Å². The fourth-order valence-electron chi connectivity index (χ4n) is 2.99. The number of ketones is 1. The summed E-state index contributed by atoms with van der Waals surface area (Å²) in [5.74, 6) is 0.813. The zero-order chi connectivity index (χ0) is 15.6. The second kappa shape index (κ2) is 5.73. The lowest BCUT2D eigenvalue weighted by atomic mass is 9.93. The van der Waals surface area contributed by atoms with Gasteiger partial charge >= 0.3 is 0 Å². The fraction of sp³-hybridized carbons (Fsp3) is 0.0952. The molecule has 0 spiro atoms.